The number of anilines is 1. The van der Waals surface area contributed by atoms with Gasteiger partial charge in [-0.25, -0.2) is 4.39 Å². The molecule has 6 heteroatoms. The molecule has 0 radical (unpaired) electrons. The molecule has 0 bridgehead atoms. The van der Waals surface area contributed by atoms with Crippen LogP contribution in [0, 0.1) is 5.82 Å². The number of ether oxygens (including phenoxy) is 1. The van der Waals surface area contributed by atoms with Crippen LogP contribution < -0.4 is 10.6 Å². The maximum absolute atomic E-state index is 13.3. The van der Waals surface area contributed by atoms with Crippen LogP contribution >= 0.6 is 12.4 Å². The van der Waals surface area contributed by atoms with E-state index in [-0.39, 0.29) is 36.7 Å². The van der Waals surface area contributed by atoms with Crippen LogP contribution in [0.25, 0.3) is 0 Å². The highest BCUT2D eigenvalue weighted by atomic mass is 35.5. The summed E-state index contributed by atoms with van der Waals surface area (Å²) < 4.78 is 18.7. The van der Waals surface area contributed by atoms with Crippen molar-refractivity contribution < 1.29 is 13.9 Å². The van der Waals surface area contributed by atoms with Crippen molar-refractivity contribution in [3.8, 4) is 0 Å². The summed E-state index contributed by atoms with van der Waals surface area (Å²) in [5.74, 6) is -0.678. The highest BCUT2D eigenvalue weighted by Gasteiger charge is 2.15. The molecular weight excluding hydrogens is 271 g/mol. The smallest absolute Gasteiger partial charge is 0.238 e. The van der Waals surface area contributed by atoms with Crippen LogP contribution in [-0.2, 0) is 9.53 Å². The predicted molar refractivity (Wildman–Crippen MR) is 74.1 cm³/mol. The molecule has 1 unspecified atom stereocenters. The molecule has 1 aromatic rings. The van der Waals surface area contributed by atoms with Gasteiger partial charge in [-0.2, -0.15) is 0 Å². The van der Waals surface area contributed by atoms with E-state index in [4.69, 9.17) is 4.74 Å². The largest absolute Gasteiger partial charge is 0.377 e. The zero-order chi connectivity index (χ0) is 12.8. The molecule has 0 saturated carbocycles. The zero-order valence-electron chi connectivity index (χ0n) is 10.5. The van der Waals surface area contributed by atoms with Gasteiger partial charge in [-0.05, 0) is 25.0 Å². The number of carbonyl (C=O) groups is 1. The van der Waals surface area contributed by atoms with Gasteiger partial charge >= 0.3 is 0 Å². The molecule has 0 aromatic heterocycles. The van der Waals surface area contributed by atoms with E-state index in [1.807, 2.05) is 0 Å². The van der Waals surface area contributed by atoms with Gasteiger partial charge in [-0.1, -0.05) is 12.1 Å². The summed E-state index contributed by atoms with van der Waals surface area (Å²) in [6.45, 7) is 1.62. The number of halogens is 2. The minimum absolute atomic E-state index is 0. The monoisotopic (exact) mass is 288 g/mol. The summed E-state index contributed by atoms with van der Waals surface area (Å²) in [5, 5.41) is 5.53. The number of para-hydroxylation sites is 1. The molecule has 2 N–H and O–H groups in total. The van der Waals surface area contributed by atoms with E-state index < -0.39 is 5.82 Å². The van der Waals surface area contributed by atoms with E-state index >= 15 is 0 Å². The lowest BCUT2D eigenvalue weighted by atomic mass is 10.2. The topological polar surface area (TPSA) is 50.4 Å². The number of benzene rings is 1. The minimum atomic E-state index is -0.426. The molecular formula is C13H18ClFN2O2. The summed E-state index contributed by atoms with van der Waals surface area (Å²) in [5.41, 5.74) is 0.210. The first-order chi connectivity index (χ1) is 8.75. The van der Waals surface area contributed by atoms with Gasteiger partial charge in [-0.15, -0.1) is 12.4 Å². The van der Waals surface area contributed by atoms with Gasteiger partial charge in [0.05, 0.1) is 18.3 Å². The van der Waals surface area contributed by atoms with Crippen LogP contribution in [0.2, 0.25) is 0 Å². The molecule has 1 fully saturated rings. The Hall–Kier alpha value is -1.17. The van der Waals surface area contributed by atoms with Gasteiger partial charge < -0.3 is 15.4 Å². The molecule has 106 valence electrons. The van der Waals surface area contributed by atoms with E-state index in [2.05, 4.69) is 10.6 Å². The van der Waals surface area contributed by atoms with Gasteiger partial charge in [0, 0.05) is 13.2 Å². The molecule has 1 aliphatic heterocycles. The maximum Gasteiger partial charge on any atom is 0.238 e. The first-order valence-electron chi connectivity index (χ1n) is 6.12. The molecule has 1 heterocycles. The first-order valence-corrected chi connectivity index (χ1v) is 6.12. The Bertz CT molecular complexity index is 411. The number of nitrogens with one attached hydrogen (secondary N) is 2. The highest BCUT2D eigenvalue weighted by molar-refractivity contribution is 5.92. The fourth-order valence-electron chi connectivity index (χ4n) is 1.91. The number of hydrogen-bond donors (Lipinski definition) is 2. The lowest BCUT2D eigenvalue weighted by Gasteiger charge is -2.11. The van der Waals surface area contributed by atoms with Crippen LogP contribution in [0.1, 0.15) is 12.8 Å². The average molecular weight is 289 g/mol. The quantitative estimate of drug-likeness (QED) is 0.871. The highest BCUT2D eigenvalue weighted by Crippen LogP contribution is 2.12. The van der Waals surface area contributed by atoms with Crippen LogP contribution in [-0.4, -0.2) is 31.7 Å². The van der Waals surface area contributed by atoms with Gasteiger partial charge in [0.15, 0.2) is 0 Å². The summed E-state index contributed by atoms with van der Waals surface area (Å²) in [4.78, 5) is 11.6. The second kappa shape index (κ2) is 8.09. The number of amides is 1. The van der Waals surface area contributed by atoms with Gasteiger partial charge in [0.2, 0.25) is 5.91 Å². The lowest BCUT2D eigenvalue weighted by Crippen LogP contribution is -2.33. The number of carbonyl (C=O) groups excluding carboxylic acids is 1. The molecule has 1 atom stereocenters. The first kappa shape index (κ1) is 15.9. The fraction of sp³-hybridized carbons (Fsp3) is 0.462. The van der Waals surface area contributed by atoms with Crippen LogP contribution in [0.4, 0.5) is 10.1 Å². The van der Waals surface area contributed by atoms with Crippen molar-refractivity contribution in [3.63, 3.8) is 0 Å². The van der Waals surface area contributed by atoms with Crippen molar-refractivity contribution in [2.45, 2.75) is 18.9 Å². The lowest BCUT2D eigenvalue weighted by molar-refractivity contribution is -0.115. The van der Waals surface area contributed by atoms with Crippen molar-refractivity contribution in [2.24, 2.45) is 0 Å². The van der Waals surface area contributed by atoms with E-state index in [1.165, 1.54) is 12.1 Å². The van der Waals surface area contributed by atoms with Gasteiger partial charge in [0.1, 0.15) is 5.82 Å². The Labute approximate surface area is 118 Å². The maximum atomic E-state index is 13.3. The predicted octanol–water partition coefficient (Wildman–Crippen LogP) is 1.95. The SMILES string of the molecule is Cl.O=C(CNCC1CCCO1)Nc1ccccc1F. The van der Waals surface area contributed by atoms with E-state index in [9.17, 15) is 9.18 Å². The molecule has 1 saturated heterocycles. The molecule has 0 spiro atoms. The van der Waals surface area contributed by atoms with Crippen molar-refractivity contribution in [1.29, 1.82) is 0 Å². The average Bonchev–Trinajstić information content (AvgIpc) is 2.85. The molecule has 4 nitrogen and oxygen atoms in total. The molecule has 1 aromatic carbocycles. The fourth-order valence-corrected chi connectivity index (χ4v) is 1.91. The van der Waals surface area contributed by atoms with Crippen molar-refractivity contribution in [3.05, 3.63) is 30.1 Å². The summed E-state index contributed by atoms with van der Waals surface area (Å²) in [6.07, 6.45) is 2.31. The molecule has 0 aliphatic carbocycles. The third kappa shape index (κ3) is 5.14. The Kier molecular flexibility index (Phi) is 6.77. The summed E-state index contributed by atoms with van der Waals surface area (Å²) >= 11 is 0. The van der Waals surface area contributed by atoms with E-state index in [1.54, 1.807) is 12.1 Å². The van der Waals surface area contributed by atoms with E-state index in [0.717, 1.165) is 19.4 Å². The van der Waals surface area contributed by atoms with Crippen LogP contribution in [0.5, 0.6) is 0 Å². The third-order valence-electron chi connectivity index (χ3n) is 2.83. The van der Waals surface area contributed by atoms with Crippen molar-refractivity contribution in [1.82, 2.24) is 5.32 Å². The van der Waals surface area contributed by atoms with Gasteiger partial charge in [0.25, 0.3) is 0 Å². The third-order valence-corrected chi connectivity index (χ3v) is 2.83. The molecule has 2 rings (SSSR count). The zero-order valence-corrected chi connectivity index (χ0v) is 11.3. The summed E-state index contributed by atoms with van der Waals surface area (Å²) in [7, 11) is 0. The Morgan fingerprint density at radius 1 is 1.42 bits per heavy atom. The Morgan fingerprint density at radius 2 is 2.21 bits per heavy atom. The Balaban J connectivity index is 0.00000180. The second-order valence-corrected chi connectivity index (χ2v) is 4.29. The van der Waals surface area contributed by atoms with Crippen LogP contribution in [0.15, 0.2) is 24.3 Å². The van der Waals surface area contributed by atoms with E-state index in [0.29, 0.717) is 6.54 Å². The Morgan fingerprint density at radius 3 is 2.89 bits per heavy atom. The molecule has 1 aliphatic rings. The normalized spacial score (nSPS) is 17.8. The summed E-state index contributed by atoms with van der Waals surface area (Å²) in [6, 6.07) is 6.11. The number of hydrogen-bond acceptors (Lipinski definition) is 3. The number of rotatable bonds is 5. The van der Waals surface area contributed by atoms with Crippen molar-refractivity contribution >= 4 is 24.0 Å². The van der Waals surface area contributed by atoms with Crippen molar-refractivity contribution in [2.75, 3.05) is 25.0 Å². The van der Waals surface area contributed by atoms with Gasteiger partial charge in [-0.3, -0.25) is 4.79 Å². The molecule has 19 heavy (non-hydrogen) atoms. The molecule has 1 amide bonds. The standard InChI is InChI=1S/C13H17FN2O2.ClH/c14-11-5-1-2-6-12(11)16-13(17)9-15-8-10-4-3-7-18-10;/h1-2,5-6,10,15H,3-4,7-9H2,(H,16,17);1H. The second-order valence-electron chi connectivity index (χ2n) is 4.29. The minimum Gasteiger partial charge on any atom is -0.377 e. The van der Waals surface area contributed by atoms with Crippen LogP contribution in [0.3, 0.4) is 0 Å².